The molecule has 224 valence electrons. The lowest BCUT2D eigenvalue weighted by atomic mass is 9.67. The van der Waals surface area contributed by atoms with Crippen LogP contribution >= 0.6 is 11.3 Å². The van der Waals surface area contributed by atoms with Crippen molar-refractivity contribution in [2.45, 2.75) is 97.4 Å². The lowest BCUT2D eigenvalue weighted by Gasteiger charge is -2.40. The maximum Gasteiger partial charge on any atom is 0.219 e. The third-order valence-electron chi connectivity index (χ3n) is 10.2. The quantitative estimate of drug-likeness (QED) is 0.247. The highest BCUT2D eigenvalue weighted by Crippen LogP contribution is 2.47. The van der Waals surface area contributed by atoms with Crippen molar-refractivity contribution in [1.29, 1.82) is 0 Å². The van der Waals surface area contributed by atoms with Gasteiger partial charge in [0.2, 0.25) is 11.8 Å². The molecule has 1 atom stereocenters. The molecule has 1 saturated heterocycles. The number of anilines is 2. The van der Waals surface area contributed by atoms with Gasteiger partial charge in [0.15, 0.2) is 0 Å². The molecule has 3 heterocycles. The molecule has 41 heavy (non-hydrogen) atoms. The summed E-state index contributed by atoms with van der Waals surface area (Å²) in [5.41, 5.74) is 9.87. The van der Waals surface area contributed by atoms with Gasteiger partial charge in [-0.1, -0.05) is 77.8 Å². The fourth-order valence-electron chi connectivity index (χ4n) is 7.40. The summed E-state index contributed by atoms with van der Waals surface area (Å²) >= 11 is 1.83. The molecule has 5 rings (SSSR count). The van der Waals surface area contributed by atoms with Crippen molar-refractivity contribution in [1.82, 2.24) is 9.88 Å². The molecular weight excluding hydrogens is 524 g/mol. The van der Waals surface area contributed by atoms with Gasteiger partial charge in [0.1, 0.15) is 5.69 Å². The first kappa shape index (κ1) is 30.2. The minimum atomic E-state index is 0.136. The van der Waals surface area contributed by atoms with Gasteiger partial charge in [0, 0.05) is 35.5 Å². The Labute approximate surface area is 252 Å². The molecule has 1 aliphatic carbocycles. The average molecular weight is 577 g/mol. The monoisotopic (exact) mass is 576 g/mol. The topological polar surface area (TPSA) is 58.5 Å². The third kappa shape index (κ3) is 6.85. The molecule has 2 fully saturated rings. The fourth-order valence-corrected chi connectivity index (χ4v) is 8.43. The second kappa shape index (κ2) is 13.3. The van der Waals surface area contributed by atoms with E-state index in [1.165, 1.54) is 49.0 Å². The summed E-state index contributed by atoms with van der Waals surface area (Å²) in [5, 5.41) is 2.15. The second-order valence-corrected chi connectivity index (χ2v) is 14.2. The SMILES string of the molecule is CCN(CC)C(CC1CCC(C(C)(C)c2sccc2N)CC1)c1nc(Cc2ccccc2)c(N2CCC(C)CC2)o1. The predicted octanol–water partition coefficient (Wildman–Crippen LogP) is 8.70. The minimum Gasteiger partial charge on any atom is -0.423 e. The number of nitrogen functional groups attached to an aromatic ring is 1. The summed E-state index contributed by atoms with van der Waals surface area (Å²) in [4.78, 5) is 11.7. The van der Waals surface area contributed by atoms with Crippen LogP contribution in [0.1, 0.15) is 108 Å². The van der Waals surface area contributed by atoms with Crippen molar-refractivity contribution >= 4 is 22.9 Å². The van der Waals surface area contributed by atoms with E-state index in [1.807, 2.05) is 11.3 Å². The first-order valence-corrected chi connectivity index (χ1v) is 17.0. The molecule has 0 radical (unpaired) electrons. The molecule has 3 aromatic rings. The average Bonchev–Trinajstić information content (AvgIpc) is 3.61. The van der Waals surface area contributed by atoms with Gasteiger partial charge in [-0.2, -0.15) is 0 Å². The standard InChI is InChI=1S/C35H52N4OS/c1-6-38(7-2)31(24-27-13-15-28(16-14-27)35(4,5)32-29(36)19-22-41-32)33-37-30(23-26-11-9-8-10-12-26)34(40-33)39-20-17-25(3)18-21-39/h8-12,19,22,25,27-28,31H,6-7,13-18,20-21,23-24,36H2,1-5H3. The van der Waals surface area contributed by atoms with Crippen LogP contribution in [0.5, 0.6) is 0 Å². The molecular formula is C35H52N4OS. The number of nitrogens with two attached hydrogens (primary N) is 1. The van der Waals surface area contributed by atoms with E-state index < -0.39 is 0 Å². The van der Waals surface area contributed by atoms with Crippen molar-refractivity contribution in [3.05, 3.63) is 63.8 Å². The van der Waals surface area contributed by atoms with Crippen LogP contribution in [0.2, 0.25) is 0 Å². The Kier molecular flexibility index (Phi) is 9.81. The van der Waals surface area contributed by atoms with Crippen LogP contribution in [-0.2, 0) is 11.8 Å². The third-order valence-corrected chi connectivity index (χ3v) is 11.5. The number of hydrogen-bond acceptors (Lipinski definition) is 6. The molecule has 1 aromatic carbocycles. The molecule has 0 bridgehead atoms. The maximum absolute atomic E-state index is 6.85. The molecule has 0 spiro atoms. The van der Waals surface area contributed by atoms with Crippen LogP contribution in [0.25, 0.3) is 0 Å². The Balaban J connectivity index is 1.36. The highest BCUT2D eigenvalue weighted by atomic mass is 32.1. The highest BCUT2D eigenvalue weighted by Gasteiger charge is 2.38. The van der Waals surface area contributed by atoms with Gasteiger partial charge in [-0.05, 0) is 80.0 Å². The molecule has 2 aliphatic rings. The molecule has 2 N–H and O–H groups in total. The van der Waals surface area contributed by atoms with Gasteiger partial charge in [-0.15, -0.1) is 11.3 Å². The van der Waals surface area contributed by atoms with Crippen molar-refractivity contribution in [2.75, 3.05) is 36.8 Å². The normalized spacial score (nSPS) is 21.5. The van der Waals surface area contributed by atoms with Gasteiger partial charge >= 0.3 is 0 Å². The lowest BCUT2D eigenvalue weighted by Crippen LogP contribution is -2.34. The fraction of sp³-hybridized carbons (Fsp3) is 0.629. The predicted molar refractivity (Wildman–Crippen MR) is 174 cm³/mol. The molecule has 6 heteroatoms. The van der Waals surface area contributed by atoms with Crippen LogP contribution in [0.15, 0.2) is 46.2 Å². The Bertz CT molecular complexity index is 1210. The van der Waals surface area contributed by atoms with Crippen LogP contribution in [0.4, 0.5) is 11.6 Å². The number of nitrogens with zero attached hydrogens (tertiary/aromatic N) is 3. The first-order chi connectivity index (χ1) is 19.8. The van der Waals surface area contributed by atoms with E-state index in [0.717, 1.165) is 68.1 Å². The van der Waals surface area contributed by atoms with Crippen molar-refractivity contribution in [3.8, 4) is 0 Å². The van der Waals surface area contributed by atoms with Crippen molar-refractivity contribution < 1.29 is 4.42 Å². The Morgan fingerprint density at radius 2 is 1.71 bits per heavy atom. The number of oxazole rings is 1. The summed E-state index contributed by atoms with van der Waals surface area (Å²) in [6.45, 7) is 15.9. The zero-order valence-electron chi connectivity index (χ0n) is 26.1. The maximum atomic E-state index is 6.85. The Hall–Kier alpha value is -2.31. The Morgan fingerprint density at radius 1 is 1.02 bits per heavy atom. The van der Waals surface area contributed by atoms with Gasteiger partial charge < -0.3 is 15.1 Å². The minimum absolute atomic E-state index is 0.136. The van der Waals surface area contributed by atoms with E-state index in [9.17, 15) is 0 Å². The first-order valence-electron chi connectivity index (χ1n) is 16.2. The van der Waals surface area contributed by atoms with E-state index in [2.05, 4.69) is 86.2 Å². The summed E-state index contributed by atoms with van der Waals surface area (Å²) in [6, 6.07) is 13.1. The van der Waals surface area contributed by atoms with Gasteiger partial charge in [-0.3, -0.25) is 4.90 Å². The van der Waals surface area contributed by atoms with E-state index >= 15 is 0 Å². The smallest absolute Gasteiger partial charge is 0.219 e. The van der Waals surface area contributed by atoms with Gasteiger partial charge in [0.05, 0.1) is 6.04 Å². The summed E-state index contributed by atoms with van der Waals surface area (Å²) < 4.78 is 6.85. The molecule has 1 aliphatic heterocycles. The van der Waals surface area contributed by atoms with Crippen LogP contribution < -0.4 is 10.6 Å². The number of aromatic nitrogens is 1. The van der Waals surface area contributed by atoms with Crippen LogP contribution in [-0.4, -0.2) is 36.1 Å². The van der Waals surface area contributed by atoms with Crippen molar-refractivity contribution in [2.24, 2.45) is 17.8 Å². The largest absolute Gasteiger partial charge is 0.423 e. The highest BCUT2D eigenvalue weighted by molar-refractivity contribution is 7.10. The Morgan fingerprint density at radius 3 is 2.32 bits per heavy atom. The zero-order valence-corrected chi connectivity index (χ0v) is 26.9. The number of hydrogen-bond donors (Lipinski definition) is 1. The molecule has 2 aromatic heterocycles. The second-order valence-electron chi connectivity index (χ2n) is 13.3. The van der Waals surface area contributed by atoms with E-state index in [0.29, 0.717) is 11.8 Å². The van der Waals surface area contributed by atoms with Gasteiger partial charge in [0.25, 0.3) is 0 Å². The number of thiophene rings is 1. The molecule has 5 nitrogen and oxygen atoms in total. The number of piperidine rings is 1. The number of rotatable bonds is 11. The van der Waals surface area contributed by atoms with Crippen LogP contribution in [0.3, 0.4) is 0 Å². The molecule has 1 saturated carbocycles. The summed E-state index contributed by atoms with van der Waals surface area (Å²) in [5.74, 6) is 4.11. The van der Waals surface area contributed by atoms with E-state index in [-0.39, 0.29) is 11.5 Å². The van der Waals surface area contributed by atoms with Gasteiger partial charge in [-0.25, -0.2) is 4.98 Å². The van der Waals surface area contributed by atoms with E-state index in [4.69, 9.17) is 15.1 Å². The summed E-state index contributed by atoms with van der Waals surface area (Å²) in [7, 11) is 0. The van der Waals surface area contributed by atoms with E-state index in [1.54, 1.807) is 0 Å². The van der Waals surface area contributed by atoms with Crippen molar-refractivity contribution in [3.63, 3.8) is 0 Å². The zero-order chi connectivity index (χ0) is 29.0. The lowest BCUT2D eigenvalue weighted by molar-refractivity contribution is 0.125. The van der Waals surface area contributed by atoms with Crippen LogP contribution in [0, 0.1) is 17.8 Å². The number of benzene rings is 1. The molecule has 1 unspecified atom stereocenters. The summed E-state index contributed by atoms with van der Waals surface area (Å²) in [6.07, 6.45) is 9.45. The molecule has 0 amide bonds.